The Morgan fingerprint density at radius 2 is 2.00 bits per heavy atom. The van der Waals surface area contributed by atoms with Gasteiger partial charge in [0.25, 0.3) is 11.6 Å². The molecule has 24 heavy (non-hydrogen) atoms. The first-order valence-electron chi connectivity index (χ1n) is 8.03. The number of carbonyl (C=O) groups is 1. The van der Waals surface area contributed by atoms with Crippen molar-refractivity contribution in [1.29, 1.82) is 0 Å². The van der Waals surface area contributed by atoms with Crippen LogP contribution in [0.4, 0.5) is 10.1 Å². The molecule has 132 valence electrons. The lowest BCUT2D eigenvalue weighted by atomic mass is 9.88. The molecule has 8 heteroatoms. The fraction of sp³-hybridized carbons (Fsp3) is 0.562. The largest absolute Gasteiger partial charge is 0.339 e. The van der Waals surface area contributed by atoms with Crippen LogP contribution in [0.2, 0.25) is 0 Å². The quantitative estimate of drug-likeness (QED) is 0.666. The summed E-state index contributed by atoms with van der Waals surface area (Å²) in [6.07, 6.45) is 4.23. The van der Waals surface area contributed by atoms with Crippen LogP contribution in [0.15, 0.2) is 18.2 Å². The number of nitro benzene ring substituents is 1. The van der Waals surface area contributed by atoms with Crippen molar-refractivity contribution in [1.82, 2.24) is 10.2 Å². The molecule has 1 unspecified atom stereocenters. The molecule has 3 rings (SSSR count). The highest BCUT2D eigenvalue weighted by molar-refractivity contribution is 5.94. The lowest BCUT2D eigenvalue weighted by Gasteiger charge is -2.35. The molecule has 2 aliphatic heterocycles. The van der Waals surface area contributed by atoms with Gasteiger partial charge in [-0.1, -0.05) is 0 Å². The van der Waals surface area contributed by atoms with Gasteiger partial charge in [-0.15, -0.1) is 12.4 Å². The summed E-state index contributed by atoms with van der Waals surface area (Å²) >= 11 is 0. The van der Waals surface area contributed by atoms with E-state index in [9.17, 15) is 19.3 Å². The summed E-state index contributed by atoms with van der Waals surface area (Å²) in [5.41, 5.74) is -0.432. The highest BCUT2D eigenvalue weighted by atomic mass is 35.5. The minimum Gasteiger partial charge on any atom is -0.339 e. The van der Waals surface area contributed by atoms with Crippen LogP contribution in [0.1, 0.15) is 36.0 Å². The van der Waals surface area contributed by atoms with Gasteiger partial charge in [0.05, 0.1) is 16.6 Å². The minimum atomic E-state index is -0.830. The van der Waals surface area contributed by atoms with E-state index in [0.29, 0.717) is 25.0 Å². The zero-order valence-corrected chi connectivity index (χ0v) is 14.1. The summed E-state index contributed by atoms with van der Waals surface area (Å²) in [4.78, 5) is 24.0. The second kappa shape index (κ2) is 7.90. The first-order valence-corrected chi connectivity index (χ1v) is 8.03. The smallest absolute Gasteiger partial charge is 0.272 e. The lowest BCUT2D eigenvalue weighted by Crippen LogP contribution is -2.43. The van der Waals surface area contributed by atoms with Crippen molar-refractivity contribution in [3.8, 4) is 0 Å². The molecule has 1 N–H and O–H groups in total. The molecule has 2 saturated heterocycles. The van der Waals surface area contributed by atoms with E-state index < -0.39 is 10.7 Å². The monoisotopic (exact) mass is 357 g/mol. The van der Waals surface area contributed by atoms with Gasteiger partial charge in [0, 0.05) is 25.2 Å². The Morgan fingerprint density at radius 3 is 2.54 bits per heavy atom. The normalized spacial score (nSPS) is 21.4. The van der Waals surface area contributed by atoms with Gasteiger partial charge >= 0.3 is 0 Å². The number of nitrogens with one attached hydrogen (secondary N) is 1. The molecule has 0 bridgehead atoms. The number of likely N-dealkylation sites (tertiary alicyclic amines) is 1. The van der Waals surface area contributed by atoms with Crippen molar-refractivity contribution < 1.29 is 14.1 Å². The summed E-state index contributed by atoms with van der Waals surface area (Å²) in [6, 6.07) is 3.73. The SMILES string of the molecule is Cl.O=C(c1ccc([N+](=O)[O-])cc1F)N1CCC(C2CCCN2)CC1. The number of nitro groups is 1. The number of hydrogen-bond donors (Lipinski definition) is 1. The van der Waals surface area contributed by atoms with Crippen LogP contribution in [0, 0.1) is 21.8 Å². The van der Waals surface area contributed by atoms with Crippen LogP contribution in [0.5, 0.6) is 0 Å². The summed E-state index contributed by atoms with van der Waals surface area (Å²) in [5.74, 6) is -0.637. The predicted molar refractivity (Wildman–Crippen MR) is 90.0 cm³/mol. The van der Waals surface area contributed by atoms with Crippen LogP contribution < -0.4 is 5.32 Å². The van der Waals surface area contributed by atoms with Crippen molar-refractivity contribution in [2.45, 2.75) is 31.7 Å². The molecule has 1 aromatic carbocycles. The molecule has 0 radical (unpaired) electrons. The summed E-state index contributed by atoms with van der Waals surface area (Å²) < 4.78 is 14.0. The summed E-state index contributed by atoms with van der Waals surface area (Å²) in [6.45, 7) is 2.29. The molecule has 0 aliphatic carbocycles. The third-order valence-electron chi connectivity index (χ3n) is 4.89. The molecule has 1 aromatic rings. The number of amides is 1. The van der Waals surface area contributed by atoms with Crippen molar-refractivity contribution in [2.75, 3.05) is 19.6 Å². The van der Waals surface area contributed by atoms with E-state index in [1.807, 2.05) is 0 Å². The Bertz CT molecular complexity index is 615. The van der Waals surface area contributed by atoms with Gasteiger partial charge in [-0.3, -0.25) is 14.9 Å². The zero-order chi connectivity index (χ0) is 16.4. The number of halogens is 2. The van der Waals surface area contributed by atoms with Crippen molar-refractivity contribution in [3.05, 3.63) is 39.7 Å². The van der Waals surface area contributed by atoms with Crippen LogP contribution >= 0.6 is 12.4 Å². The van der Waals surface area contributed by atoms with Gasteiger partial charge in [-0.05, 0) is 44.2 Å². The first kappa shape index (κ1) is 18.6. The van der Waals surface area contributed by atoms with Gasteiger partial charge in [0.1, 0.15) is 5.82 Å². The van der Waals surface area contributed by atoms with Crippen molar-refractivity contribution in [3.63, 3.8) is 0 Å². The van der Waals surface area contributed by atoms with E-state index in [1.54, 1.807) is 4.90 Å². The molecular weight excluding hydrogens is 337 g/mol. The Hall–Kier alpha value is -1.73. The third-order valence-corrected chi connectivity index (χ3v) is 4.89. The molecule has 0 aromatic heterocycles. The molecule has 0 spiro atoms. The summed E-state index contributed by atoms with van der Waals surface area (Å²) in [7, 11) is 0. The first-order chi connectivity index (χ1) is 11.1. The highest BCUT2D eigenvalue weighted by Crippen LogP contribution is 2.27. The molecule has 2 aliphatic rings. The van der Waals surface area contributed by atoms with E-state index in [-0.39, 0.29) is 29.6 Å². The molecule has 2 fully saturated rings. The van der Waals surface area contributed by atoms with E-state index in [2.05, 4.69) is 5.32 Å². The zero-order valence-electron chi connectivity index (χ0n) is 13.2. The number of rotatable bonds is 3. The average molecular weight is 358 g/mol. The van der Waals surface area contributed by atoms with Gasteiger partial charge in [0.15, 0.2) is 0 Å². The second-order valence-corrected chi connectivity index (χ2v) is 6.25. The van der Waals surface area contributed by atoms with E-state index in [4.69, 9.17) is 0 Å². The fourth-order valence-electron chi connectivity index (χ4n) is 3.58. The van der Waals surface area contributed by atoms with Crippen LogP contribution in [0.25, 0.3) is 0 Å². The average Bonchev–Trinajstić information content (AvgIpc) is 3.08. The lowest BCUT2D eigenvalue weighted by molar-refractivity contribution is -0.385. The Kier molecular flexibility index (Phi) is 6.12. The van der Waals surface area contributed by atoms with E-state index in [0.717, 1.165) is 25.5 Å². The molecular formula is C16H21ClFN3O3. The van der Waals surface area contributed by atoms with E-state index >= 15 is 0 Å². The maximum absolute atomic E-state index is 14.0. The number of nitrogens with zero attached hydrogens (tertiary/aromatic N) is 2. The van der Waals surface area contributed by atoms with Crippen molar-refractivity contribution in [2.24, 2.45) is 5.92 Å². The Morgan fingerprint density at radius 1 is 1.29 bits per heavy atom. The molecule has 0 saturated carbocycles. The number of piperidine rings is 1. The third kappa shape index (κ3) is 3.84. The topological polar surface area (TPSA) is 75.5 Å². The van der Waals surface area contributed by atoms with Gasteiger partial charge in [-0.25, -0.2) is 4.39 Å². The number of carbonyl (C=O) groups excluding carboxylic acids is 1. The highest BCUT2D eigenvalue weighted by Gasteiger charge is 2.31. The van der Waals surface area contributed by atoms with E-state index in [1.165, 1.54) is 25.0 Å². The molecule has 1 atom stereocenters. The van der Waals surface area contributed by atoms with Gasteiger partial charge < -0.3 is 10.2 Å². The van der Waals surface area contributed by atoms with Crippen LogP contribution in [0.3, 0.4) is 0 Å². The molecule has 6 nitrogen and oxygen atoms in total. The van der Waals surface area contributed by atoms with Crippen molar-refractivity contribution >= 4 is 24.0 Å². The van der Waals surface area contributed by atoms with Gasteiger partial charge in [0.2, 0.25) is 0 Å². The molecule has 1 amide bonds. The Labute approximate surface area is 146 Å². The fourth-order valence-corrected chi connectivity index (χ4v) is 3.58. The van der Waals surface area contributed by atoms with Crippen LogP contribution in [-0.4, -0.2) is 41.4 Å². The maximum Gasteiger partial charge on any atom is 0.272 e. The standard InChI is InChI=1S/C16H20FN3O3.ClH/c17-14-10-12(20(22)23)3-4-13(14)16(21)19-8-5-11(6-9-19)15-2-1-7-18-15;/h3-4,10-11,15,18H,1-2,5-9H2;1H. The number of benzene rings is 1. The van der Waals surface area contributed by atoms with Crippen LogP contribution in [-0.2, 0) is 0 Å². The summed E-state index contributed by atoms with van der Waals surface area (Å²) in [5, 5.41) is 14.1. The second-order valence-electron chi connectivity index (χ2n) is 6.25. The van der Waals surface area contributed by atoms with Gasteiger partial charge in [-0.2, -0.15) is 0 Å². The maximum atomic E-state index is 14.0. The Balaban J connectivity index is 0.00000208. The molecule has 2 heterocycles. The number of hydrogen-bond acceptors (Lipinski definition) is 4. The number of non-ortho nitro benzene ring substituents is 1. The minimum absolute atomic E-state index is 0. The predicted octanol–water partition coefficient (Wildman–Crippen LogP) is 2.76.